The number of amides is 3. The first-order valence-corrected chi connectivity index (χ1v) is 8.46. The number of carbonyl (C=O) groups is 3. The summed E-state index contributed by atoms with van der Waals surface area (Å²) >= 11 is 17.8. The van der Waals surface area contributed by atoms with Crippen LogP contribution in [0, 0.1) is 11.8 Å². The Balaban J connectivity index is 1.72. The highest BCUT2D eigenvalue weighted by Gasteiger charge is 2.47. The van der Waals surface area contributed by atoms with E-state index in [-0.39, 0.29) is 45.9 Å². The van der Waals surface area contributed by atoms with E-state index in [0.717, 1.165) is 4.90 Å². The third-order valence-electron chi connectivity index (χ3n) is 4.17. The molecule has 1 heterocycles. The lowest BCUT2D eigenvalue weighted by atomic mass is 9.85. The maximum Gasteiger partial charge on any atom is 0.244 e. The van der Waals surface area contributed by atoms with Crippen molar-refractivity contribution in [2.45, 2.75) is 12.8 Å². The van der Waals surface area contributed by atoms with Crippen LogP contribution < -0.4 is 5.32 Å². The average molecular weight is 388 g/mol. The van der Waals surface area contributed by atoms with Gasteiger partial charge in [0.2, 0.25) is 17.7 Å². The SMILES string of the molecule is O=C(CN1C(=O)[C@H]2CC=CC[C@@H]2C1=O)Nc1c(Cl)cc(Cl)cc1Cl. The number of fused-ring (bicyclic) bond motifs is 1. The summed E-state index contributed by atoms with van der Waals surface area (Å²) in [7, 11) is 0. The Morgan fingerprint density at radius 3 is 2.04 bits per heavy atom. The van der Waals surface area contributed by atoms with Crippen molar-refractivity contribution in [3.63, 3.8) is 0 Å². The Bertz CT molecular complexity index is 714. The third kappa shape index (κ3) is 3.16. The Morgan fingerprint density at radius 2 is 1.54 bits per heavy atom. The van der Waals surface area contributed by atoms with Gasteiger partial charge in [-0.2, -0.15) is 0 Å². The molecular formula is C16H13Cl3N2O3. The van der Waals surface area contributed by atoms with Gasteiger partial charge in [0.25, 0.3) is 0 Å². The summed E-state index contributed by atoms with van der Waals surface area (Å²) < 4.78 is 0. The summed E-state index contributed by atoms with van der Waals surface area (Å²) in [5.41, 5.74) is 0.200. The molecule has 3 amide bonds. The van der Waals surface area contributed by atoms with Crippen molar-refractivity contribution in [3.8, 4) is 0 Å². The van der Waals surface area contributed by atoms with Crippen molar-refractivity contribution in [2.75, 3.05) is 11.9 Å². The number of halogens is 3. The van der Waals surface area contributed by atoms with Crippen molar-refractivity contribution >= 4 is 58.2 Å². The molecule has 3 rings (SSSR count). The Labute approximate surface area is 153 Å². The lowest BCUT2D eigenvalue weighted by Gasteiger charge is -2.15. The van der Waals surface area contributed by atoms with Crippen molar-refractivity contribution in [1.82, 2.24) is 4.90 Å². The van der Waals surface area contributed by atoms with Crippen LogP contribution in [0.1, 0.15) is 12.8 Å². The number of nitrogens with one attached hydrogen (secondary N) is 1. The second-order valence-electron chi connectivity index (χ2n) is 5.71. The summed E-state index contributed by atoms with van der Waals surface area (Å²) in [5.74, 6) is -1.89. The number of hydrogen-bond acceptors (Lipinski definition) is 3. The highest BCUT2D eigenvalue weighted by Crippen LogP contribution is 2.36. The molecule has 0 saturated carbocycles. The second kappa shape index (κ2) is 6.75. The van der Waals surface area contributed by atoms with E-state index in [9.17, 15) is 14.4 Å². The van der Waals surface area contributed by atoms with Gasteiger partial charge in [0, 0.05) is 5.02 Å². The molecule has 126 valence electrons. The van der Waals surface area contributed by atoms with Gasteiger partial charge in [-0.05, 0) is 25.0 Å². The van der Waals surface area contributed by atoms with Crippen LogP contribution in [0.3, 0.4) is 0 Å². The minimum Gasteiger partial charge on any atom is -0.322 e. The van der Waals surface area contributed by atoms with E-state index < -0.39 is 5.91 Å². The van der Waals surface area contributed by atoms with Gasteiger partial charge in [0.1, 0.15) is 6.54 Å². The number of imide groups is 1. The van der Waals surface area contributed by atoms with Gasteiger partial charge in [-0.15, -0.1) is 0 Å². The minimum absolute atomic E-state index is 0.179. The van der Waals surface area contributed by atoms with Gasteiger partial charge in [-0.1, -0.05) is 47.0 Å². The summed E-state index contributed by atoms with van der Waals surface area (Å²) in [4.78, 5) is 37.9. The third-order valence-corrected chi connectivity index (χ3v) is 4.99. The van der Waals surface area contributed by atoms with E-state index in [2.05, 4.69) is 5.32 Å². The first kappa shape index (κ1) is 17.3. The van der Waals surface area contributed by atoms with Crippen molar-refractivity contribution in [3.05, 3.63) is 39.4 Å². The molecular weight excluding hydrogens is 375 g/mol. The molecule has 2 aliphatic rings. The lowest BCUT2D eigenvalue weighted by Crippen LogP contribution is -2.38. The molecule has 2 atom stereocenters. The maximum atomic E-state index is 12.3. The first-order chi connectivity index (χ1) is 11.4. The average Bonchev–Trinajstić information content (AvgIpc) is 2.76. The smallest absolute Gasteiger partial charge is 0.244 e. The topological polar surface area (TPSA) is 66.5 Å². The zero-order valence-corrected chi connectivity index (χ0v) is 14.7. The number of hydrogen-bond donors (Lipinski definition) is 1. The largest absolute Gasteiger partial charge is 0.322 e. The predicted octanol–water partition coefficient (Wildman–Crippen LogP) is 3.54. The van der Waals surface area contributed by atoms with Gasteiger partial charge in [0.15, 0.2) is 0 Å². The molecule has 1 N–H and O–H groups in total. The lowest BCUT2D eigenvalue weighted by molar-refractivity contribution is -0.142. The molecule has 0 radical (unpaired) electrons. The number of anilines is 1. The molecule has 1 aliphatic carbocycles. The Morgan fingerprint density at radius 1 is 1.04 bits per heavy atom. The molecule has 1 aromatic rings. The van der Waals surface area contributed by atoms with Crippen molar-refractivity contribution in [2.24, 2.45) is 11.8 Å². The van der Waals surface area contributed by atoms with E-state index >= 15 is 0 Å². The molecule has 1 aromatic carbocycles. The number of benzene rings is 1. The van der Waals surface area contributed by atoms with Gasteiger partial charge in [0.05, 0.1) is 27.6 Å². The second-order valence-corrected chi connectivity index (χ2v) is 6.96. The summed E-state index contributed by atoms with van der Waals surface area (Å²) in [6, 6.07) is 2.88. The highest BCUT2D eigenvalue weighted by molar-refractivity contribution is 6.42. The number of rotatable bonds is 3. The van der Waals surface area contributed by atoms with E-state index in [4.69, 9.17) is 34.8 Å². The fourth-order valence-corrected chi connectivity index (χ4v) is 3.92. The van der Waals surface area contributed by atoms with E-state index in [0.29, 0.717) is 17.9 Å². The van der Waals surface area contributed by atoms with Gasteiger partial charge < -0.3 is 5.32 Å². The van der Waals surface area contributed by atoms with Crippen LogP contribution in [0.25, 0.3) is 0 Å². The van der Waals surface area contributed by atoms with Gasteiger partial charge >= 0.3 is 0 Å². The Kier molecular flexibility index (Phi) is 4.85. The van der Waals surface area contributed by atoms with Crippen LogP contribution in [-0.2, 0) is 14.4 Å². The molecule has 1 fully saturated rings. The number of nitrogens with zero attached hydrogens (tertiary/aromatic N) is 1. The quantitative estimate of drug-likeness (QED) is 0.637. The summed E-state index contributed by atoms with van der Waals surface area (Å²) in [6.07, 6.45) is 4.84. The van der Waals surface area contributed by atoms with E-state index in [1.807, 2.05) is 12.2 Å². The molecule has 0 unspecified atom stereocenters. The standard InChI is InChI=1S/C16H13Cl3N2O3/c17-8-5-11(18)14(12(19)6-8)20-13(22)7-21-15(23)9-3-1-2-4-10(9)16(21)24/h1-2,5-6,9-10H,3-4,7H2,(H,20,22)/t9-,10-/m0/s1. The van der Waals surface area contributed by atoms with E-state index in [1.54, 1.807) is 0 Å². The number of carbonyl (C=O) groups excluding carboxylic acids is 3. The molecule has 8 heteroatoms. The van der Waals surface area contributed by atoms with E-state index in [1.165, 1.54) is 12.1 Å². The summed E-state index contributed by atoms with van der Waals surface area (Å²) in [6.45, 7) is -0.361. The molecule has 24 heavy (non-hydrogen) atoms. The molecule has 0 bridgehead atoms. The molecule has 1 aliphatic heterocycles. The zero-order valence-electron chi connectivity index (χ0n) is 12.4. The molecule has 1 saturated heterocycles. The van der Waals surface area contributed by atoms with Crippen LogP contribution in [0.4, 0.5) is 5.69 Å². The summed E-state index contributed by atoms with van der Waals surface area (Å²) in [5, 5.41) is 3.23. The monoisotopic (exact) mass is 386 g/mol. The minimum atomic E-state index is -0.547. The van der Waals surface area contributed by atoms with Gasteiger partial charge in [-0.3, -0.25) is 19.3 Å². The Hall–Kier alpha value is -1.56. The fourth-order valence-electron chi connectivity index (χ4n) is 3.01. The predicted molar refractivity (Wildman–Crippen MR) is 92.2 cm³/mol. The van der Waals surface area contributed by atoms with Crippen LogP contribution in [0.5, 0.6) is 0 Å². The first-order valence-electron chi connectivity index (χ1n) is 7.33. The molecule has 0 aromatic heterocycles. The van der Waals surface area contributed by atoms with Crippen molar-refractivity contribution in [1.29, 1.82) is 0 Å². The van der Waals surface area contributed by atoms with Crippen LogP contribution in [0.15, 0.2) is 24.3 Å². The number of allylic oxidation sites excluding steroid dienone is 2. The van der Waals surface area contributed by atoms with Crippen LogP contribution in [-0.4, -0.2) is 29.2 Å². The fraction of sp³-hybridized carbons (Fsp3) is 0.312. The molecule has 5 nitrogen and oxygen atoms in total. The number of likely N-dealkylation sites (tertiary alicyclic amines) is 1. The van der Waals surface area contributed by atoms with Crippen molar-refractivity contribution < 1.29 is 14.4 Å². The van der Waals surface area contributed by atoms with Crippen LogP contribution in [0.2, 0.25) is 15.1 Å². The maximum absolute atomic E-state index is 12.3. The normalized spacial score (nSPS) is 22.7. The van der Waals surface area contributed by atoms with Crippen LogP contribution >= 0.6 is 34.8 Å². The molecule has 0 spiro atoms. The highest BCUT2D eigenvalue weighted by atomic mass is 35.5. The zero-order chi connectivity index (χ0) is 17.4. The van der Waals surface area contributed by atoms with Gasteiger partial charge in [-0.25, -0.2) is 0 Å².